The number of carbonyl (C=O) groups is 2. The van der Waals surface area contributed by atoms with Crippen molar-refractivity contribution in [1.82, 2.24) is 20.0 Å². The maximum Gasteiger partial charge on any atom is 0.305 e. The zero-order valence-electron chi connectivity index (χ0n) is 61.7. The second-order valence-electron chi connectivity index (χ2n) is 28.4. The average Bonchev–Trinajstić information content (AvgIpc) is 3.75. The van der Waals surface area contributed by atoms with Gasteiger partial charge < -0.3 is 39.7 Å². The van der Waals surface area contributed by atoms with Crippen LogP contribution in [0.2, 0.25) is 0 Å². The molecule has 10 heteroatoms. The summed E-state index contributed by atoms with van der Waals surface area (Å²) in [5.74, 6) is -0.167. The zero-order chi connectivity index (χ0) is 65.4. The normalized spacial score (nSPS) is 12.6. The van der Waals surface area contributed by atoms with Gasteiger partial charge in [0.05, 0.1) is 25.4 Å². The molecule has 10 nitrogen and oxygen atoms in total. The summed E-state index contributed by atoms with van der Waals surface area (Å²) in [4.78, 5) is 32.8. The van der Waals surface area contributed by atoms with Gasteiger partial charge in [-0.1, -0.05) is 336 Å². The molecule has 0 radical (unpaired) electrons. The Morgan fingerprint density at radius 1 is 0.278 bits per heavy atom. The Bertz CT molecular complexity index is 1390. The fourth-order valence-corrected chi connectivity index (χ4v) is 13.1. The number of aliphatic hydroxyl groups excluding tert-OH is 2. The molecule has 0 amide bonds. The molecule has 538 valence electrons. The van der Waals surface area contributed by atoms with Crippen molar-refractivity contribution >= 4 is 11.9 Å². The number of hydrogen-bond donors (Lipinski definition) is 3. The molecule has 0 saturated carbocycles. The van der Waals surface area contributed by atoms with Crippen LogP contribution >= 0.6 is 0 Å². The maximum atomic E-state index is 12.8. The Kier molecular flexibility index (Phi) is 74.0. The van der Waals surface area contributed by atoms with Crippen LogP contribution in [0, 0.1) is 0 Å². The molecule has 0 fully saturated rings. The van der Waals surface area contributed by atoms with Gasteiger partial charge in [-0.2, -0.15) is 0 Å². The molecule has 0 aromatic heterocycles. The first kappa shape index (κ1) is 88.7. The molecule has 90 heavy (non-hydrogen) atoms. The highest BCUT2D eigenvalue weighted by molar-refractivity contribution is 5.69. The molecular weight excluding hydrogens is 1110 g/mol. The van der Waals surface area contributed by atoms with E-state index in [1.54, 1.807) is 0 Å². The smallest absolute Gasteiger partial charge is 0.305 e. The quantitative estimate of drug-likeness (QED) is 0.0402. The van der Waals surface area contributed by atoms with E-state index in [2.05, 4.69) is 54.6 Å². The summed E-state index contributed by atoms with van der Waals surface area (Å²) in [6, 6.07) is 0. The van der Waals surface area contributed by atoms with Crippen LogP contribution in [-0.2, 0) is 19.1 Å². The molecule has 0 saturated heterocycles. The van der Waals surface area contributed by atoms with E-state index in [4.69, 9.17) is 9.47 Å². The number of esters is 2. The van der Waals surface area contributed by atoms with Crippen molar-refractivity contribution in [3.8, 4) is 0 Å². The van der Waals surface area contributed by atoms with Crippen LogP contribution in [0.15, 0.2) is 0 Å². The summed E-state index contributed by atoms with van der Waals surface area (Å²) in [5.41, 5.74) is 0. The maximum absolute atomic E-state index is 12.8. The summed E-state index contributed by atoms with van der Waals surface area (Å²) < 4.78 is 11.3. The molecule has 0 aromatic carbocycles. The number of rotatable bonds is 78. The predicted molar refractivity (Wildman–Crippen MR) is 392 cm³/mol. The van der Waals surface area contributed by atoms with Crippen LogP contribution in [0.5, 0.6) is 0 Å². The largest absolute Gasteiger partial charge is 0.466 e. The molecule has 0 aliphatic carbocycles. The van der Waals surface area contributed by atoms with Crippen LogP contribution in [0.1, 0.15) is 407 Å². The number of hydrogen-bond acceptors (Lipinski definition) is 10. The van der Waals surface area contributed by atoms with Crippen molar-refractivity contribution in [2.24, 2.45) is 0 Å². The van der Waals surface area contributed by atoms with Gasteiger partial charge in [0.2, 0.25) is 0 Å². The van der Waals surface area contributed by atoms with E-state index in [1.165, 1.54) is 295 Å². The third-order valence-corrected chi connectivity index (χ3v) is 19.1. The highest BCUT2D eigenvalue weighted by Gasteiger charge is 2.18. The summed E-state index contributed by atoms with van der Waals surface area (Å²) in [7, 11) is 0. The number of carbonyl (C=O) groups excluding carboxylic acids is 2. The summed E-state index contributed by atoms with van der Waals surface area (Å²) in [6.07, 6.45) is 72.1. The molecule has 0 aromatic rings. The lowest BCUT2D eigenvalue weighted by Gasteiger charge is -2.30. The van der Waals surface area contributed by atoms with Gasteiger partial charge >= 0.3 is 11.9 Å². The monoisotopic (exact) mass is 1280 g/mol. The van der Waals surface area contributed by atoms with Crippen molar-refractivity contribution in [2.45, 2.75) is 419 Å². The Balaban J connectivity index is 5.22. The van der Waals surface area contributed by atoms with Gasteiger partial charge in [-0.25, -0.2) is 0 Å². The Morgan fingerprint density at radius 2 is 0.500 bits per heavy atom. The SMILES string of the molecule is CCCCCCCCCCCCCCCOC(=O)CCCNCC(O)CN(CCCCCCCCCCCCCC)CCCCN(CCCCCCCCCCCCCC)CC(O)CN(CCCC)CCCC(=O)OCCCCCCCCCCCCCCC. The minimum absolute atomic E-state index is 0.0713. The van der Waals surface area contributed by atoms with Crippen LogP contribution in [0.4, 0.5) is 0 Å². The number of nitrogens with one attached hydrogen (secondary N) is 1. The molecule has 0 bridgehead atoms. The van der Waals surface area contributed by atoms with E-state index in [9.17, 15) is 19.8 Å². The van der Waals surface area contributed by atoms with Gasteiger partial charge in [0, 0.05) is 39.0 Å². The lowest BCUT2D eigenvalue weighted by molar-refractivity contribution is -0.144. The molecule has 0 rings (SSSR count). The molecule has 0 spiro atoms. The molecule has 0 aliphatic heterocycles. The number of nitrogens with zero attached hydrogens (tertiary/aromatic N) is 3. The Labute approximate surface area is 563 Å². The highest BCUT2D eigenvalue weighted by atomic mass is 16.5. The minimum Gasteiger partial charge on any atom is -0.466 e. The fraction of sp³-hybridized carbons (Fsp3) is 0.975. The highest BCUT2D eigenvalue weighted by Crippen LogP contribution is 2.18. The molecule has 3 N–H and O–H groups in total. The minimum atomic E-state index is -0.461. The van der Waals surface area contributed by atoms with Gasteiger partial charge in [-0.15, -0.1) is 0 Å². The molecule has 0 heterocycles. The third kappa shape index (κ3) is 69.5. The molecule has 0 aliphatic rings. The van der Waals surface area contributed by atoms with E-state index in [-0.39, 0.29) is 11.9 Å². The van der Waals surface area contributed by atoms with Crippen LogP contribution in [-0.4, -0.2) is 134 Å². The van der Waals surface area contributed by atoms with E-state index in [0.29, 0.717) is 58.8 Å². The average molecular weight is 1280 g/mol. The standard InChI is InChI=1S/C80H162N4O6/c1-6-11-16-20-24-28-32-36-40-44-48-52-58-71-89-79(87)62-60-64-81-73-77(85)74-83(66-54-50-46-42-38-34-30-26-22-18-13-8-3)68-56-57-69-84(67-55-51-47-43-39-35-31-27-23-19-14-9-4)76-78(86)75-82(65-15-10-5)70-61-63-80(88)90-72-59-53-49-45-41-37-33-29-25-21-17-12-7-2/h77-78,81,85-86H,6-76H2,1-5H3. The lowest BCUT2D eigenvalue weighted by Crippen LogP contribution is -2.42. The second kappa shape index (κ2) is 75.1. The van der Waals surface area contributed by atoms with Crippen LogP contribution < -0.4 is 5.32 Å². The molecule has 2 unspecified atom stereocenters. The second-order valence-corrected chi connectivity index (χ2v) is 28.4. The van der Waals surface area contributed by atoms with E-state index < -0.39 is 12.2 Å². The Morgan fingerprint density at radius 3 is 0.800 bits per heavy atom. The van der Waals surface area contributed by atoms with E-state index in [0.717, 1.165) is 103 Å². The van der Waals surface area contributed by atoms with Crippen molar-refractivity contribution in [2.75, 3.05) is 85.2 Å². The number of aliphatic hydroxyl groups is 2. The summed E-state index contributed by atoms with van der Waals surface area (Å²) in [6.45, 7) is 21.5. The van der Waals surface area contributed by atoms with E-state index in [1.807, 2.05) is 0 Å². The first-order chi connectivity index (χ1) is 44.3. The molecular formula is C80H162N4O6. The summed E-state index contributed by atoms with van der Waals surface area (Å²) in [5, 5.41) is 26.6. The van der Waals surface area contributed by atoms with Gasteiger partial charge in [-0.05, 0) is 104 Å². The van der Waals surface area contributed by atoms with Crippen LogP contribution in [0.25, 0.3) is 0 Å². The van der Waals surface area contributed by atoms with Gasteiger partial charge in [0.15, 0.2) is 0 Å². The lowest BCUT2D eigenvalue weighted by atomic mass is 10.0. The zero-order valence-corrected chi connectivity index (χ0v) is 61.7. The van der Waals surface area contributed by atoms with Crippen LogP contribution in [0.3, 0.4) is 0 Å². The van der Waals surface area contributed by atoms with Crippen molar-refractivity contribution in [1.29, 1.82) is 0 Å². The van der Waals surface area contributed by atoms with Crippen molar-refractivity contribution in [3.63, 3.8) is 0 Å². The summed E-state index contributed by atoms with van der Waals surface area (Å²) >= 11 is 0. The van der Waals surface area contributed by atoms with E-state index >= 15 is 0 Å². The van der Waals surface area contributed by atoms with Gasteiger partial charge in [0.1, 0.15) is 0 Å². The van der Waals surface area contributed by atoms with Crippen molar-refractivity contribution in [3.05, 3.63) is 0 Å². The number of ether oxygens (including phenoxy) is 2. The van der Waals surface area contributed by atoms with Gasteiger partial charge in [0.25, 0.3) is 0 Å². The fourth-order valence-electron chi connectivity index (χ4n) is 13.1. The number of unbranched alkanes of at least 4 members (excludes halogenated alkanes) is 48. The third-order valence-electron chi connectivity index (χ3n) is 19.1. The first-order valence-electron chi connectivity index (χ1n) is 40.8. The van der Waals surface area contributed by atoms with Gasteiger partial charge in [-0.3, -0.25) is 9.59 Å². The topological polar surface area (TPSA) is 115 Å². The molecule has 2 atom stereocenters. The van der Waals surface area contributed by atoms with Crippen molar-refractivity contribution < 1.29 is 29.3 Å². The predicted octanol–water partition coefficient (Wildman–Crippen LogP) is 22.0. The Hall–Kier alpha value is -1.30. The first-order valence-corrected chi connectivity index (χ1v) is 40.8.